The van der Waals surface area contributed by atoms with Crippen molar-refractivity contribution in [2.24, 2.45) is 0 Å². The molecule has 0 aromatic heterocycles. The van der Waals surface area contributed by atoms with Gasteiger partial charge in [-0.2, -0.15) is 25.9 Å². The highest BCUT2D eigenvalue weighted by Crippen LogP contribution is 2.32. The van der Waals surface area contributed by atoms with Crippen molar-refractivity contribution >= 4 is 21.6 Å². The Kier molecular flexibility index (Phi) is 4.83. The molecule has 0 N–H and O–H groups in total. The molecule has 0 fully saturated rings. The first-order valence-corrected chi connectivity index (χ1v) is 7.97. The van der Waals surface area contributed by atoms with Crippen molar-refractivity contribution in [1.82, 2.24) is 0 Å². The van der Waals surface area contributed by atoms with E-state index in [-0.39, 0.29) is 9.87 Å². The lowest BCUT2D eigenvalue weighted by atomic mass is 10.2. The molecular formula is C15H12F3NO4S. The summed E-state index contributed by atoms with van der Waals surface area (Å²) >= 11 is 0. The van der Waals surface area contributed by atoms with Crippen LogP contribution in [0.4, 0.5) is 18.9 Å². The maximum Gasteiger partial charge on any atom is 0.517 e. The molecule has 9 heteroatoms. The highest BCUT2D eigenvalue weighted by atomic mass is 32.2. The van der Waals surface area contributed by atoms with Gasteiger partial charge in [0.25, 0.3) is 5.91 Å². The van der Waals surface area contributed by atoms with Gasteiger partial charge in [-0.15, -0.1) is 0 Å². The molecule has 0 saturated heterocycles. The Labute approximate surface area is 136 Å². The zero-order valence-corrected chi connectivity index (χ0v) is 13.1. The second kappa shape index (κ2) is 6.52. The average Bonchev–Trinajstić information content (AvgIpc) is 2.55. The van der Waals surface area contributed by atoms with Crippen LogP contribution in [0.25, 0.3) is 0 Å². The van der Waals surface area contributed by atoms with Crippen LogP contribution < -0.4 is 9.04 Å². The molecule has 0 radical (unpaired) electrons. The van der Waals surface area contributed by atoms with Crippen molar-refractivity contribution in [1.29, 1.82) is 0 Å². The summed E-state index contributed by atoms with van der Waals surface area (Å²) in [5, 5.41) is 0. The smallest absolute Gasteiger partial charge is 0.497 e. The van der Waals surface area contributed by atoms with Gasteiger partial charge in [0.2, 0.25) is 0 Å². The SMILES string of the molecule is COc1ccc(C(=O)N(c2ccccc2)S(=O)(=O)C(F)(F)F)cc1. The highest BCUT2D eigenvalue weighted by molar-refractivity contribution is 7.94. The van der Waals surface area contributed by atoms with Gasteiger partial charge in [0.1, 0.15) is 5.75 Å². The minimum atomic E-state index is -5.90. The van der Waals surface area contributed by atoms with Crippen LogP contribution in [0.15, 0.2) is 54.6 Å². The molecule has 2 rings (SSSR count). The van der Waals surface area contributed by atoms with Gasteiger partial charge < -0.3 is 4.74 Å². The molecule has 24 heavy (non-hydrogen) atoms. The summed E-state index contributed by atoms with van der Waals surface area (Å²) in [6.07, 6.45) is 0. The maximum absolute atomic E-state index is 13.0. The number of ether oxygens (including phenoxy) is 1. The van der Waals surface area contributed by atoms with E-state index >= 15 is 0 Å². The number of para-hydroxylation sites is 1. The molecule has 0 saturated carbocycles. The minimum absolute atomic E-state index is 0.229. The Morgan fingerprint density at radius 2 is 1.54 bits per heavy atom. The van der Waals surface area contributed by atoms with E-state index in [9.17, 15) is 26.4 Å². The van der Waals surface area contributed by atoms with E-state index in [0.29, 0.717) is 5.75 Å². The molecule has 0 aliphatic carbocycles. The molecule has 1 amide bonds. The van der Waals surface area contributed by atoms with Crippen LogP contribution in [0, 0.1) is 0 Å². The molecule has 2 aromatic rings. The Morgan fingerprint density at radius 1 is 1.00 bits per heavy atom. The van der Waals surface area contributed by atoms with E-state index in [1.54, 1.807) is 0 Å². The fourth-order valence-electron chi connectivity index (χ4n) is 1.88. The topological polar surface area (TPSA) is 63.7 Å². The van der Waals surface area contributed by atoms with Crippen molar-refractivity contribution in [3.05, 3.63) is 60.2 Å². The number of nitrogens with zero attached hydrogens (tertiary/aromatic N) is 1. The van der Waals surface area contributed by atoms with Crippen LogP contribution in [-0.4, -0.2) is 26.9 Å². The zero-order valence-electron chi connectivity index (χ0n) is 12.3. The summed E-state index contributed by atoms with van der Waals surface area (Å²) in [4.78, 5) is 12.4. The van der Waals surface area contributed by atoms with Gasteiger partial charge in [-0.3, -0.25) is 4.79 Å². The Hall–Kier alpha value is -2.55. The fourth-order valence-corrected chi connectivity index (χ4v) is 2.81. The summed E-state index contributed by atoms with van der Waals surface area (Å²) in [6.45, 7) is 0. The average molecular weight is 359 g/mol. The van der Waals surface area contributed by atoms with Crippen LogP contribution in [0.2, 0.25) is 0 Å². The third-order valence-electron chi connectivity index (χ3n) is 3.04. The summed E-state index contributed by atoms with van der Waals surface area (Å²) in [5.41, 5.74) is -6.26. The third-order valence-corrected chi connectivity index (χ3v) is 4.49. The predicted octanol–water partition coefficient (Wildman–Crippen LogP) is 3.19. The number of sulfonamides is 1. The monoisotopic (exact) mass is 359 g/mol. The van der Waals surface area contributed by atoms with Crippen molar-refractivity contribution in [3.63, 3.8) is 0 Å². The standard InChI is InChI=1S/C15H12F3NO4S/c1-23-13-9-7-11(8-10-13)14(20)19(12-5-3-2-4-6-12)24(21,22)15(16,17)18/h2-10H,1H3. The molecule has 0 spiro atoms. The van der Waals surface area contributed by atoms with Gasteiger partial charge in [0.05, 0.1) is 12.8 Å². The number of anilines is 1. The summed E-state index contributed by atoms with van der Waals surface area (Å²) in [6, 6.07) is 11.4. The molecule has 5 nitrogen and oxygen atoms in total. The Bertz CT molecular complexity index is 818. The molecule has 0 unspecified atom stereocenters. The molecular weight excluding hydrogens is 347 g/mol. The number of rotatable bonds is 4. The third kappa shape index (κ3) is 3.35. The van der Waals surface area contributed by atoms with E-state index in [1.165, 1.54) is 49.6 Å². The van der Waals surface area contributed by atoms with Crippen LogP contribution >= 0.6 is 0 Å². The summed E-state index contributed by atoms with van der Waals surface area (Å²) in [5.74, 6) is -0.947. The molecule has 0 aliphatic heterocycles. The summed E-state index contributed by atoms with van der Waals surface area (Å²) in [7, 11) is -4.53. The van der Waals surface area contributed by atoms with E-state index in [2.05, 4.69) is 0 Å². The van der Waals surface area contributed by atoms with Crippen LogP contribution in [-0.2, 0) is 10.0 Å². The number of alkyl halides is 3. The van der Waals surface area contributed by atoms with Crippen molar-refractivity contribution < 1.29 is 31.1 Å². The van der Waals surface area contributed by atoms with Crippen LogP contribution in [0.3, 0.4) is 0 Å². The highest BCUT2D eigenvalue weighted by Gasteiger charge is 2.52. The molecule has 2 aromatic carbocycles. The van der Waals surface area contributed by atoms with Crippen LogP contribution in [0.1, 0.15) is 10.4 Å². The van der Waals surface area contributed by atoms with E-state index < -0.39 is 27.1 Å². The Morgan fingerprint density at radius 3 is 2.00 bits per heavy atom. The van der Waals surface area contributed by atoms with Gasteiger partial charge in [0.15, 0.2) is 0 Å². The molecule has 0 aliphatic rings. The number of benzene rings is 2. The molecule has 0 heterocycles. The second-order valence-electron chi connectivity index (χ2n) is 4.58. The number of halogens is 3. The van der Waals surface area contributed by atoms with Gasteiger partial charge in [-0.1, -0.05) is 18.2 Å². The second-order valence-corrected chi connectivity index (χ2v) is 6.36. The first kappa shape index (κ1) is 17.8. The largest absolute Gasteiger partial charge is 0.517 e. The molecule has 0 bridgehead atoms. The number of hydrogen-bond acceptors (Lipinski definition) is 4. The zero-order chi connectivity index (χ0) is 18.0. The van der Waals surface area contributed by atoms with Gasteiger partial charge in [0, 0.05) is 5.56 Å². The maximum atomic E-state index is 13.0. The van der Waals surface area contributed by atoms with E-state index in [0.717, 1.165) is 12.1 Å². The van der Waals surface area contributed by atoms with Crippen molar-refractivity contribution in [2.45, 2.75) is 5.51 Å². The normalized spacial score (nSPS) is 11.8. The van der Waals surface area contributed by atoms with Gasteiger partial charge in [-0.25, -0.2) is 0 Å². The number of carbonyl (C=O) groups is 1. The van der Waals surface area contributed by atoms with Crippen molar-refractivity contribution in [3.8, 4) is 5.75 Å². The Balaban J connectivity index is 2.56. The number of methoxy groups -OCH3 is 1. The number of hydrogen-bond donors (Lipinski definition) is 0. The number of carbonyl (C=O) groups excluding carboxylic acids is 1. The number of amides is 1. The summed E-state index contributed by atoms with van der Waals surface area (Å²) < 4.78 is 67.2. The first-order valence-electron chi connectivity index (χ1n) is 6.53. The minimum Gasteiger partial charge on any atom is -0.497 e. The quantitative estimate of drug-likeness (QED) is 0.841. The first-order chi connectivity index (χ1) is 11.2. The lowest BCUT2D eigenvalue weighted by Crippen LogP contribution is -2.44. The molecule has 128 valence electrons. The van der Waals surface area contributed by atoms with Crippen LogP contribution in [0.5, 0.6) is 5.75 Å². The van der Waals surface area contributed by atoms with Crippen molar-refractivity contribution in [2.75, 3.05) is 11.4 Å². The lowest BCUT2D eigenvalue weighted by molar-refractivity contribution is -0.0437. The fraction of sp³-hybridized carbons (Fsp3) is 0.133. The van der Waals surface area contributed by atoms with Gasteiger partial charge in [-0.05, 0) is 36.4 Å². The lowest BCUT2D eigenvalue weighted by Gasteiger charge is -2.23. The molecule has 0 atom stereocenters. The van der Waals surface area contributed by atoms with Gasteiger partial charge >= 0.3 is 15.5 Å². The van der Waals surface area contributed by atoms with E-state index in [4.69, 9.17) is 4.74 Å². The predicted molar refractivity (Wildman–Crippen MR) is 81.2 cm³/mol. The van der Waals surface area contributed by atoms with E-state index in [1.807, 2.05) is 0 Å².